The molecule has 0 spiro atoms. The molecule has 1 aliphatic rings. The van der Waals surface area contributed by atoms with Crippen molar-refractivity contribution in [2.24, 2.45) is 5.73 Å². The standard InChI is InChI=1S/C18H11ClN2O6S/c19-9-3-4-11-10(8-9)15(17(25)21(11)18(20)26)16(12-2-1-7-28-12)27-14(24)6-5-13(22)23/h1-8H,(H2,20,26)(H,22,23). The first-order valence-electron chi connectivity index (χ1n) is 7.64. The highest BCUT2D eigenvalue weighted by Crippen LogP contribution is 2.43. The largest absolute Gasteiger partial charge is 0.478 e. The first-order valence-corrected chi connectivity index (χ1v) is 8.90. The molecule has 10 heteroatoms. The van der Waals surface area contributed by atoms with Crippen LogP contribution in [0.1, 0.15) is 10.4 Å². The monoisotopic (exact) mass is 418 g/mol. The molecule has 2 heterocycles. The number of nitrogens with zero attached hydrogens (tertiary/aromatic N) is 1. The molecule has 0 radical (unpaired) electrons. The minimum absolute atomic E-state index is 0.0872. The number of rotatable bonds is 4. The van der Waals surface area contributed by atoms with Crippen LogP contribution >= 0.6 is 22.9 Å². The predicted molar refractivity (Wildman–Crippen MR) is 103 cm³/mol. The molecule has 142 valence electrons. The van der Waals surface area contributed by atoms with Gasteiger partial charge in [-0.2, -0.15) is 0 Å². The van der Waals surface area contributed by atoms with Gasteiger partial charge in [-0.25, -0.2) is 19.3 Å². The van der Waals surface area contributed by atoms with Crippen LogP contribution in [-0.4, -0.2) is 29.0 Å². The second-order valence-electron chi connectivity index (χ2n) is 5.41. The Hall–Kier alpha value is -3.43. The zero-order valence-electron chi connectivity index (χ0n) is 13.9. The van der Waals surface area contributed by atoms with Crippen LogP contribution in [0.15, 0.2) is 47.9 Å². The number of hydrogen-bond acceptors (Lipinski definition) is 6. The number of benzene rings is 1. The van der Waals surface area contributed by atoms with Crippen molar-refractivity contribution in [1.82, 2.24) is 0 Å². The van der Waals surface area contributed by atoms with Gasteiger partial charge in [0.2, 0.25) is 0 Å². The van der Waals surface area contributed by atoms with Gasteiger partial charge in [-0.05, 0) is 29.6 Å². The highest BCUT2D eigenvalue weighted by atomic mass is 35.5. The molecule has 8 nitrogen and oxygen atoms in total. The lowest BCUT2D eigenvalue weighted by atomic mass is 10.1. The van der Waals surface area contributed by atoms with E-state index in [9.17, 15) is 19.2 Å². The molecule has 3 N–H and O–H groups in total. The number of halogens is 1. The number of hydrogen-bond donors (Lipinski definition) is 2. The summed E-state index contributed by atoms with van der Waals surface area (Å²) in [5.41, 5.74) is 5.70. The van der Waals surface area contributed by atoms with Crippen LogP contribution in [0.2, 0.25) is 5.02 Å². The maximum atomic E-state index is 12.9. The van der Waals surface area contributed by atoms with Crippen LogP contribution in [-0.2, 0) is 19.1 Å². The summed E-state index contributed by atoms with van der Waals surface area (Å²) in [5, 5.41) is 10.6. The minimum atomic E-state index is -1.34. The molecule has 0 saturated carbocycles. The first-order chi connectivity index (χ1) is 13.3. The maximum absolute atomic E-state index is 12.9. The number of primary amides is 1. The van der Waals surface area contributed by atoms with Crippen LogP contribution in [0, 0.1) is 0 Å². The molecule has 0 bridgehead atoms. The lowest BCUT2D eigenvalue weighted by Gasteiger charge is -2.11. The Morgan fingerprint density at radius 1 is 1.21 bits per heavy atom. The molecule has 0 fully saturated rings. The zero-order chi connectivity index (χ0) is 20.4. The van der Waals surface area contributed by atoms with Crippen LogP contribution in [0.5, 0.6) is 0 Å². The van der Waals surface area contributed by atoms with E-state index in [4.69, 9.17) is 27.2 Å². The summed E-state index contributed by atoms with van der Waals surface area (Å²) in [6.45, 7) is 0. The number of aliphatic carboxylic acids is 1. The Bertz CT molecular complexity index is 1060. The Balaban J connectivity index is 2.21. The number of ether oxygens (including phenoxy) is 1. The van der Waals surface area contributed by atoms with E-state index < -0.39 is 23.9 Å². The Morgan fingerprint density at radius 3 is 2.57 bits per heavy atom. The summed E-state index contributed by atoms with van der Waals surface area (Å²) >= 11 is 7.21. The molecule has 2 aromatic rings. The number of fused-ring (bicyclic) bond motifs is 1. The molecule has 0 saturated heterocycles. The van der Waals surface area contributed by atoms with Gasteiger partial charge in [0.25, 0.3) is 5.91 Å². The van der Waals surface area contributed by atoms with Crippen molar-refractivity contribution in [2.75, 3.05) is 4.90 Å². The van der Waals surface area contributed by atoms with Gasteiger partial charge < -0.3 is 15.6 Å². The summed E-state index contributed by atoms with van der Waals surface area (Å²) in [5.74, 6) is -3.26. The molecule has 0 atom stereocenters. The van der Waals surface area contributed by atoms with Crippen molar-refractivity contribution in [3.63, 3.8) is 0 Å². The third-order valence-electron chi connectivity index (χ3n) is 3.64. The summed E-state index contributed by atoms with van der Waals surface area (Å²) in [6, 6.07) is 6.65. The quantitative estimate of drug-likeness (QED) is 0.446. The average molecular weight is 419 g/mol. The molecule has 3 rings (SSSR count). The van der Waals surface area contributed by atoms with Gasteiger partial charge in [0.05, 0.1) is 16.1 Å². The number of nitrogens with two attached hydrogens (primary N) is 1. The topological polar surface area (TPSA) is 127 Å². The van der Waals surface area contributed by atoms with E-state index in [1.165, 1.54) is 29.5 Å². The number of carbonyl (C=O) groups is 4. The highest BCUT2D eigenvalue weighted by molar-refractivity contribution is 7.11. The Kier molecular flexibility index (Phi) is 5.30. The minimum Gasteiger partial charge on any atom is -0.478 e. The normalized spacial score (nSPS) is 14.9. The van der Waals surface area contributed by atoms with Crippen molar-refractivity contribution in [2.45, 2.75) is 0 Å². The number of carboxylic acid groups (broad SMARTS) is 1. The predicted octanol–water partition coefficient (Wildman–Crippen LogP) is 2.88. The van der Waals surface area contributed by atoms with Gasteiger partial charge in [0, 0.05) is 22.7 Å². The van der Waals surface area contributed by atoms with Crippen LogP contribution < -0.4 is 10.6 Å². The van der Waals surface area contributed by atoms with E-state index in [-0.39, 0.29) is 27.6 Å². The molecule has 1 aromatic heterocycles. The van der Waals surface area contributed by atoms with E-state index in [1.807, 2.05) is 0 Å². The SMILES string of the molecule is NC(=O)N1C(=O)C(=C(OC(=O)C=CC(=O)O)c2cccs2)c2cc(Cl)ccc21. The third-order valence-corrected chi connectivity index (χ3v) is 4.75. The molecule has 0 aliphatic carbocycles. The van der Waals surface area contributed by atoms with Crippen LogP contribution in [0.3, 0.4) is 0 Å². The highest BCUT2D eigenvalue weighted by Gasteiger charge is 2.39. The van der Waals surface area contributed by atoms with Crippen molar-refractivity contribution < 1.29 is 29.0 Å². The molecule has 28 heavy (non-hydrogen) atoms. The fraction of sp³-hybridized carbons (Fsp3) is 0. The van der Waals surface area contributed by atoms with Crippen molar-refractivity contribution in [1.29, 1.82) is 0 Å². The van der Waals surface area contributed by atoms with Gasteiger partial charge in [-0.15, -0.1) is 11.3 Å². The van der Waals surface area contributed by atoms with E-state index >= 15 is 0 Å². The summed E-state index contributed by atoms with van der Waals surface area (Å²) < 4.78 is 5.28. The molecule has 1 aliphatic heterocycles. The lowest BCUT2D eigenvalue weighted by molar-refractivity contribution is -0.134. The van der Waals surface area contributed by atoms with Crippen molar-refractivity contribution >= 4 is 63.8 Å². The number of carboxylic acids is 1. The smallest absolute Gasteiger partial charge is 0.336 e. The Morgan fingerprint density at radius 2 is 1.96 bits per heavy atom. The van der Waals surface area contributed by atoms with Gasteiger partial charge >= 0.3 is 18.0 Å². The van der Waals surface area contributed by atoms with Gasteiger partial charge in [-0.1, -0.05) is 17.7 Å². The number of imide groups is 1. The van der Waals surface area contributed by atoms with Crippen molar-refractivity contribution in [3.8, 4) is 0 Å². The average Bonchev–Trinajstić information content (AvgIpc) is 3.24. The first kappa shape index (κ1) is 19.3. The fourth-order valence-electron chi connectivity index (χ4n) is 2.58. The van der Waals surface area contributed by atoms with Crippen LogP contribution in [0.25, 0.3) is 11.3 Å². The van der Waals surface area contributed by atoms with E-state index in [0.29, 0.717) is 17.0 Å². The zero-order valence-corrected chi connectivity index (χ0v) is 15.5. The summed E-state index contributed by atoms with van der Waals surface area (Å²) in [7, 11) is 0. The molecule has 3 amide bonds. The second-order valence-corrected chi connectivity index (χ2v) is 6.80. The van der Waals surface area contributed by atoms with Gasteiger partial charge in [-0.3, -0.25) is 4.79 Å². The number of carbonyl (C=O) groups excluding carboxylic acids is 3. The lowest BCUT2D eigenvalue weighted by Crippen LogP contribution is -2.38. The number of amides is 3. The summed E-state index contributed by atoms with van der Waals surface area (Å²) in [6.07, 6.45) is 1.32. The molecular formula is C18H11ClN2O6S. The number of thiophene rings is 1. The molecule has 1 aromatic carbocycles. The van der Waals surface area contributed by atoms with E-state index in [2.05, 4.69) is 0 Å². The van der Waals surface area contributed by atoms with Gasteiger partial charge in [0.15, 0.2) is 5.76 Å². The van der Waals surface area contributed by atoms with E-state index in [1.54, 1.807) is 17.5 Å². The van der Waals surface area contributed by atoms with Crippen LogP contribution in [0.4, 0.5) is 10.5 Å². The maximum Gasteiger partial charge on any atom is 0.336 e. The fourth-order valence-corrected chi connectivity index (χ4v) is 3.47. The Labute approximate surface area is 167 Å². The van der Waals surface area contributed by atoms with Gasteiger partial charge in [0.1, 0.15) is 0 Å². The molecular weight excluding hydrogens is 408 g/mol. The van der Waals surface area contributed by atoms with E-state index in [0.717, 1.165) is 4.90 Å². The number of esters is 1. The number of anilines is 1. The van der Waals surface area contributed by atoms with Crippen molar-refractivity contribution in [3.05, 3.63) is 63.3 Å². The molecule has 0 unspecified atom stereocenters. The third kappa shape index (κ3) is 3.66. The second kappa shape index (κ2) is 7.67. The number of urea groups is 1. The summed E-state index contributed by atoms with van der Waals surface area (Å²) in [4.78, 5) is 48.6.